The SMILES string of the molecule is NCc1ccc(N2CCN(c3ccc(C(F)(F)F)cn3)CC2)c(F)c1. The predicted molar refractivity (Wildman–Crippen MR) is 88.0 cm³/mol. The van der Waals surface area contributed by atoms with E-state index in [1.807, 2.05) is 9.80 Å². The van der Waals surface area contributed by atoms with Gasteiger partial charge in [0.15, 0.2) is 0 Å². The largest absolute Gasteiger partial charge is 0.417 e. The van der Waals surface area contributed by atoms with Crippen LogP contribution in [0.4, 0.5) is 29.1 Å². The molecular formula is C17H18F4N4. The number of pyridine rings is 1. The van der Waals surface area contributed by atoms with Gasteiger partial charge in [0.25, 0.3) is 0 Å². The molecule has 0 bridgehead atoms. The molecule has 134 valence electrons. The van der Waals surface area contributed by atoms with Crippen LogP contribution in [-0.4, -0.2) is 31.2 Å². The summed E-state index contributed by atoms with van der Waals surface area (Å²) < 4.78 is 51.9. The number of aromatic nitrogens is 1. The first kappa shape index (κ1) is 17.5. The number of hydrogen-bond acceptors (Lipinski definition) is 4. The number of piperazine rings is 1. The fraction of sp³-hybridized carbons (Fsp3) is 0.353. The fourth-order valence-corrected chi connectivity index (χ4v) is 2.85. The van der Waals surface area contributed by atoms with E-state index >= 15 is 0 Å². The second-order valence-electron chi connectivity index (χ2n) is 5.87. The summed E-state index contributed by atoms with van der Waals surface area (Å²) in [6.07, 6.45) is -3.55. The zero-order chi connectivity index (χ0) is 18.0. The van der Waals surface area contributed by atoms with Crippen molar-refractivity contribution in [2.75, 3.05) is 36.0 Å². The van der Waals surface area contributed by atoms with E-state index in [-0.39, 0.29) is 12.4 Å². The minimum atomic E-state index is -4.39. The highest BCUT2D eigenvalue weighted by atomic mass is 19.4. The molecule has 1 fully saturated rings. The molecule has 1 aromatic carbocycles. The standard InChI is InChI=1S/C17H18F4N4/c18-14-9-12(10-22)1-3-15(14)24-5-7-25(8-6-24)16-4-2-13(11-23-16)17(19,20)21/h1-4,9,11H,5-8,10,22H2. The number of halogens is 4. The smallest absolute Gasteiger partial charge is 0.366 e. The third-order valence-electron chi connectivity index (χ3n) is 4.27. The van der Waals surface area contributed by atoms with Crippen LogP contribution in [0.25, 0.3) is 0 Å². The molecule has 0 radical (unpaired) electrons. The third-order valence-corrected chi connectivity index (χ3v) is 4.27. The van der Waals surface area contributed by atoms with Gasteiger partial charge in [-0.15, -0.1) is 0 Å². The molecule has 0 aliphatic carbocycles. The molecule has 1 aliphatic heterocycles. The van der Waals surface area contributed by atoms with Crippen molar-refractivity contribution in [3.05, 3.63) is 53.5 Å². The number of nitrogens with zero attached hydrogens (tertiary/aromatic N) is 3. The lowest BCUT2D eigenvalue weighted by Crippen LogP contribution is -2.47. The molecule has 2 heterocycles. The first-order valence-electron chi connectivity index (χ1n) is 7.90. The Morgan fingerprint density at radius 1 is 1.00 bits per heavy atom. The van der Waals surface area contributed by atoms with Gasteiger partial charge in [-0.1, -0.05) is 6.07 Å². The van der Waals surface area contributed by atoms with E-state index in [0.717, 1.165) is 17.8 Å². The van der Waals surface area contributed by atoms with E-state index < -0.39 is 11.7 Å². The van der Waals surface area contributed by atoms with Crippen molar-refractivity contribution < 1.29 is 17.6 Å². The summed E-state index contributed by atoms with van der Waals surface area (Å²) in [4.78, 5) is 7.71. The summed E-state index contributed by atoms with van der Waals surface area (Å²) in [5.41, 5.74) is 5.98. The highest BCUT2D eigenvalue weighted by Crippen LogP contribution is 2.30. The zero-order valence-electron chi connectivity index (χ0n) is 13.4. The second kappa shape index (κ2) is 6.87. The van der Waals surface area contributed by atoms with Gasteiger partial charge in [0.1, 0.15) is 11.6 Å². The summed E-state index contributed by atoms with van der Waals surface area (Å²) in [7, 11) is 0. The van der Waals surface area contributed by atoms with Crippen LogP contribution in [0.5, 0.6) is 0 Å². The van der Waals surface area contributed by atoms with Gasteiger partial charge in [0.05, 0.1) is 11.3 Å². The summed E-state index contributed by atoms with van der Waals surface area (Å²) >= 11 is 0. The molecule has 0 saturated carbocycles. The number of benzene rings is 1. The lowest BCUT2D eigenvalue weighted by Gasteiger charge is -2.37. The fourth-order valence-electron chi connectivity index (χ4n) is 2.85. The van der Waals surface area contributed by atoms with Crippen LogP contribution >= 0.6 is 0 Å². The number of anilines is 2. The molecular weight excluding hydrogens is 336 g/mol. The minimum Gasteiger partial charge on any atom is -0.366 e. The molecule has 1 aromatic heterocycles. The van der Waals surface area contributed by atoms with Gasteiger partial charge in [-0.05, 0) is 29.8 Å². The Hall–Kier alpha value is -2.35. The number of alkyl halides is 3. The highest BCUT2D eigenvalue weighted by Gasteiger charge is 2.31. The van der Waals surface area contributed by atoms with Crippen LogP contribution in [0.15, 0.2) is 36.5 Å². The van der Waals surface area contributed by atoms with Crippen molar-refractivity contribution in [1.29, 1.82) is 0 Å². The molecule has 0 amide bonds. The summed E-state index contributed by atoms with van der Waals surface area (Å²) in [5.74, 6) is 0.177. The average molecular weight is 354 g/mol. The Kier molecular flexibility index (Phi) is 4.80. The van der Waals surface area contributed by atoms with Gasteiger partial charge in [-0.25, -0.2) is 9.37 Å². The Labute approximate surface area is 142 Å². The van der Waals surface area contributed by atoms with Crippen LogP contribution in [0.3, 0.4) is 0 Å². The lowest BCUT2D eigenvalue weighted by atomic mass is 10.1. The van der Waals surface area contributed by atoms with Gasteiger partial charge < -0.3 is 15.5 Å². The monoisotopic (exact) mass is 354 g/mol. The van der Waals surface area contributed by atoms with Crippen LogP contribution in [0.1, 0.15) is 11.1 Å². The van der Waals surface area contributed by atoms with Crippen LogP contribution in [-0.2, 0) is 12.7 Å². The van der Waals surface area contributed by atoms with E-state index in [1.165, 1.54) is 12.1 Å². The molecule has 1 aliphatic rings. The zero-order valence-corrected chi connectivity index (χ0v) is 13.4. The summed E-state index contributed by atoms with van der Waals surface area (Å²) in [5, 5.41) is 0. The third kappa shape index (κ3) is 3.84. The van der Waals surface area contributed by atoms with Crippen molar-refractivity contribution >= 4 is 11.5 Å². The first-order valence-corrected chi connectivity index (χ1v) is 7.90. The molecule has 2 N–H and O–H groups in total. The van der Waals surface area contributed by atoms with Gasteiger partial charge in [-0.3, -0.25) is 0 Å². The van der Waals surface area contributed by atoms with Crippen molar-refractivity contribution in [3.8, 4) is 0 Å². The van der Waals surface area contributed by atoms with Crippen LogP contribution in [0.2, 0.25) is 0 Å². The minimum absolute atomic E-state index is 0.282. The van der Waals surface area contributed by atoms with Crippen molar-refractivity contribution in [1.82, 2.24) is 4.98 Å². The van der Waals surface area contributed by atoms with Gasteiger partial charge in [-0.2, -0.15) is 13.2 Å². The normalized spacial score (nSPS) is 15.6. The molecule has 0 unspecified atom stereocenters. The molecule has 0 spiro atoms. The predicted octanol–water partition coefficient (Wildman–Crippen LogP) is 3.02. The van der Waals surface area contributed by atoms with Crippen LogP contribution in [0, 0.1) is 5.82 Å². The van der Waals surface area contributed by atoms with Crippen molar-refractivity contribution in [2.45, 2.75) is 12.7 Å². The van der Waals surface area contributed by atoms with E-state index in [4.69, 9.17) is 5.73 Å². The van der Waals surface area contributed by atoms with E-state index in [9.17, 15) is 17.6 Å². The Morgan fingerprint density at radius 2 is 1.68 bits per heavy atom. The van der Waals surface area contributed by atoms with Gasteiger partial charge >= 0.3 is 6.18 Å². The summed E-state index contributed by atoms with van der Waals surface area (Å²) in [6.45, 7) is 2.50. The Balaban J connectivity index is 1.66. The molecule has 2 aromatic rings. The maximum Gasteiger partial charge on any atom is 0.417 e. The number of nitrogens with two attached hydrogens (primary N) is 1. The molecule has 25 heavy (non-hydrogen) atoms. The summed E-state index contributed by atoms with van der Waals surface area (Å²) in [6, 6.07) is 7.33. The molecule has 4 nitrogen and oxygen atoms in total. The maximum atomic E-state index is 14.2. The van der Waals surface area contributed by atoms with Gasteiger partial charge in [0.2, 0.25) is 0 Å². The number of hydrogen-bond donors (Lipinski definition) is 1. The van der Waals surface area contributed by atoms with Gasteiger partial charge in [0, 0.05) is 38.9 Å². The van der Waals surface area contributed by atoms with E-state index in [1.54, 1.807) is 12.1 Å². The lowest BCUT2D eigenvalue weighted by molar-refractivity contribution is -0.137. The maximum absolute atomic E-state index is 14.2. The van der Waals surface area contributed by atoms with Crippen molar-refractivity contribution in [3.63, 3.8) is 0 Å². The quantitative estimate of drug-likeness (QED) is 0.861. The Morgan fingerprint density at radius 3 is 2.20 bits per heavy atom. The average Bonchev–Trinajstić information content (AvgIpc) is 2.61. The molecule has 3 rings (SSSR count). The van der Waals surface area contributed by atoms with Crippen molar-refractivity contribution in [2.24, 2.45) is 5.73 Å². The molecule has 0 atom stereocenters. The van der Waals surface area contributed by atoms with Crippen LogP contribution < -0.4 is 15.5 Å². The molecule has 1 saturated heterocycles. The first-order chi connectivity index (χ1) is 11.9. The molecule has 8 heteroatoms. The Bertz CT molecular complexity index is 722. The second-order valence-corrected chi connectivity index (χ2v) is 5.87. The van der Waals surface area contributed by atoms with E-state index in [0.29, 0.717) is 37.7 Å². The topological polar surface area (TPSA) is 45.4 Å². The van der Waals surface area contributed by atoms with E-state index in [2.05, 4.69) is 4.98 Å². The highest BCUT2D eigenvalue weighted by molar-refractivity contribution is 5.51. The number of rotatable bonds is 3.